The molecule has 128 valence electrons. The Morgan fingerprint density at radius 3 is 2.50 bits per heavy atom. The zero-order chi connectivity index (χ0) is 17.3. The van der Waals surface area contributed by atoms with Crippen LogP contribution in [0.2, 0.25) is 0 Å². The maximum atomic E-state index is 12.8. The van der Waals surface area contributed by atoms with E-state index < -0.39 is 0 Å². The Hall–Kier alpha value is -2.07. The van der Waals surface area contributed by atoms with Crippen LogP contribution >= 0.6 is 0 Å². The van der Waals surface area contributed by atoms with Crippen molar-refractivity contribution in [3.63, 3.8) is 0 Å². The van der Waals surface area contributed by atoms with Gasteiger partial charge in [0.15, 0.2) is 0 Å². The SMILES string of the molecule is Cc1cc(C(=O)N[C@H](Cc2ccccc2)C2CC(O)C2)c(C)n1C. The van der Waals surface area contributed by atoms with Gasteiger partial charge >= 0.3 is 0 Å². The number of nitrogens with zero attached hydrogens (tertiary/aromatic N) is 1. The first-order valence-electron chi connectivity index (χ1n) is 8.61. The van der Waals surface area contributed by atoms with Crippen molar-refractivity contribution < 1.29 is 9.90 Å². The van der Waals surface area contributed by atoms with E-state index in [4.69, 9.17) is 0 Å². The number of amides is 1. The number of carbonyl (C=O) groups excluding carboxylic acids is 1. The monoisotopic (exact) mass is 326 g/mol. The Morgan fingerprint density at radius 2 is 1.96 bits per heavy atom. The second kappa shape index (κ2) is 6.81. The smallest absolute Gasteiger partial charge is 0.253 e. The van der Waals surface area contributed by atoms with Crippen LogP contribution in [-0.2, 0) is 13.5 Å². The van der Waals surface area contributed by atoms with E-state index in [0.29, 0.717) is 5.92 Å². The highest BCUT2D eigenvalue weighted by Gasteiger charge is 2.35. The summed E-state index contributed by atoms with van der Waals surface area (Å²) in [5, 5.41) is 12.9. The quantitative estimate of drug-likeness (QED) is 0.888. The number of rotatable bonds is 5. The molecule has 1 saturated carbocycles. The number of aromatic nitrogens is 1. The standard InChI is InChI=1S/C20H26N2O2/c1-13-9-18(14(2)22(13)3)20(24)21-19(16-11-17(23)12-16)10-15-7-5-4-6-8-15/h4-9,16-17,19,23H,10-12H2,1-3H3,(H,21,24)/t16?,17?,19-/m1/s1. The molecular weight excluding hydrogens is 300 g/mol. The minimum atomic E-state index is -0.217. The molecule has 1 atom stereocenters. The summed E-state index contributed by atoms with van der Waals surface area (Å²) in [6.07, 6.45) is 2.12. The Bertz CT molecular complexity index is 715. The molecule has 2 N–H and O–H groups in total. The third-order valence-electron chi connectivity index (χ3n) is 5.35. The summed E-state index contributed by atoms with van der Waals surface area (Å²) in [5.74, 6) is 0.327. The van der Waals surface area contributed by atoms with Crippen molar-refractivity contribution in [1.29, 1.82) is 0 Å². The van der Waals surface area contributed by atoms with Crippen molar-refractivity contribution in [3.05, 3.63) is 58.9 Å². The molecule has 1 amide bonds. The van der Waals surface area contributed by atoms with Gasteiger partial charge in [-0.3, -0.25) is 4.79 Å². The first kappa shape index (κ1) is 16.8. The maximum absolute atomic E-state index is 12.8. The van der Waals surface area contributed by atoms with Crippen molar-refractivity contribution in [1.82, 2.24) is 9.88 Å². The molecule has 0 radical (unpaired) electrons. The number of hydrogen-bond donors (Lipinski definition) is 2. The van der Waals surface area contributed by atoms with E-state index in [9.17, 15) is 9.90 Å². The van der Waals surface area contributed by atoms with Crippen LogP contribution in [0.15, 0.2) is 36.4 Å². The number of aliphatic hydroxyl groups is 1. The number of aryl methyl sites for hydroxylation is 1. The molecule has 3 rings (SSSR count). The zero-order valence-electron chi connectivity index (χ0n) is 14.6. The van der Waals surface area contributed by atoms with E-state index >= 15 is 0 Å². The highest BCUT2D eigenvalue weighted by molar-refractivity contribution is 5.95. The van der Waals surface area contributed by atoms with Crippen LogP contribution in [0.5, 0.6) is 0 Å². The van der Waals surface area contributed by atoms with Gasteiger partial charge in [0.05, 0.1) is 11.7 Å². The molecule has 0 spiro atoms. The minimum absolute atomic E-state index is 0.0153. The lowest BCUT2D eigenvalue weighted by Crippen LogP contribution is -2.48. The predicted octanol–water partition coefficient (Wildman–Crippen LogP) is 2.75. The first-order valence-corrected chi connectivity index (χ1v) is 8.61. The van der Waals surface area contributed by atoms with Crippen molar-refractivity contribution in [2.24, 2.45) is 13.0 Å². The third kappa shape index (κ3) is 3.39. The molecule has 0 unspecified atom stereocenters. The van der Waals surface area contributed by atoms with Gasteiger partial charge in [0.2, 0.25) is 0 Å². The fourth-order valence-electron chi connectivity index (χ4n) is 3.49. The number of benzene rings is 1. The molecule has 2 aromatic rings. The van der Waals surface area contributed by atoms with Crippen LogP contribution in [0.3, 0.4) is 0 Å². The Balaban J connectivity index is 1.76. The summed E-state index contributed by atoms with van der Waals surface area (Å²) in [5.41, 5.74) is 4.02. The van der Waals surface area contributed by atoms with Crippen molar-refractivity contribution in [2.45, 2.75) is 45.3 Å². The molecule has 0 bridgehead atoms. The van der Waals surface area contributed by atoms with Crippen LogP contribution in [0.25, 0.3) is 0 Å². The molecular formula is C20H26N2O2. The summed E-state index contributed by atoms with van der Waals surface area (Å²) < 4.78 is 2.04. The maximum Gasteiger partial charge on any atom is 0.253 e. The van der Waals surface area contributed by atoms with Gasteiger partial charge in [0, 0.05) is 24.5 Å². The molecule has 1 aromatic carbocycles. The fraction of sp³-hybridized carbons (Fsp3) is 0.450. The van der Waals surface area contributed by atoms with E-state index in [1.165, 1.54) is 5.56 Å². The zero-order valence-corrected chi connectivity index (χ0v) is 14.6. The summed E-state index contributed by atoms with van der Waals surface area (Å²) in [7, 11) is 1.98. The van der Waals surface area contributed by atoms with Crippen LogP contribution in [-0.4, -0.2) is 27.7 Å². The predicted molar refractivity (Wildman–Crippen MR) is 95.0 cm³/mol. The Labute approximate surface area is 143 Å². The minimum Gasteiger partial charge on any atom is -0.393 e. The normalized spacial score (nSPS) is 21.2. The molecule has 1 aliphatic rings. The fourth-order valence-corrected chi connectivity index (χ4v) is 3.49. The van der Waals surface area contributed by atoms with E-state index in [2.05, 4.69) is 17.4 Å². The van der Waals surface area contributed by atoms with Gasteiger partial charge in [-0.2, -0.15) is 0 Å². The first-order chi connectivity index (χ1) is 11.5. The molecule has 0 saturated heterocycles. The summed E-state index contributed by atoms with van der Waals surface area (Å²) in [6.45, 7) is 3.98. The molecule has 4 heteroatoms. The molecule has 1 fully saturated rings. The average molecular weight is 326 g/mol. The third-order valence-corrected chi connectivity index (χ3v) is 5.35. The van der Waals surface area contributed by atoms with Crippen LogP contribution in [0, 0.1) is 19.8 Å². The van der Waals surface area contributed by atoms with Crippen molar-refractivity contribution in [3.8, 4) is 0 Å². The van der Waals surface area contributed by atoms with Gasteiger partial charge in [0.1, 0.15) is 0 Å². The van der Waals surface area contributed by atoms with Gasteiger partial charge in [-0.1, -0.05) is 30.3 Å². The van der Waals surface area contributed by atoms with E-state index in [0.717, 1.165) is 36.2 Å². The second-order valence-corrected chi connectivity index (χ2v) is 7.00. The Kier molecular flexibility index (Phi) is 4.76. The number of aliphatic hydroxyl groups excluding tert-OH is 1. The van der Waals surface area contributed by atoms with Crippen LogP contribution in [0.4, 0.5) is 0 Å². The van der Waals surface area contributed by atoms with Gasteiger partial charge < -0.3 is 15.0 Å². The van der Waals surface area contributed by atoms with Crippen LogP contribution < -0.4 is 5.32 Å². The van der Waals surface area contributed by atoms with Gasteiger partial charge in [-0.05, 0) is 50.7 Å². The number of nitrogens with one attached hydrogen (secondary N) is 1. The lowest BCUT2D eigenvalue weighted by atomic mass is 9.75. The van der Waals surface area contributed by atoms with E-state index in [1.54, 1.807) is 0 Å². The second-order valence-electron chi connectivity index (χ2n) is 7.00. The number of carbonyl (C=O) groups is 1. The average Bonchev–Trinajstić information content (AvgIpc) is 2.80. The van der Waals surface area contributed by atoms with Gasteiger partial charge in [-0.25, -0.2) is 0 Å². The molecule has 1 aliphatic carbocycles. The topological polar surface area (TPSA) is 54.3 Å². The van der Waals surface area contributed by atoms with Crippen molar-refractivity contribution in [2.75, 3.05) is 0 Å². The van der Waals surface area contributed by atoms with E-state index in [1.807, 2.05) is 49.7 Å². The van der Waals surface area contributed by atoms with Crippen molar-refractivity contribution >= 4 is 5.91 Å². The number of hydrogen-bond acceptors (Lipinski definition) is 2. The largest absolute Gasteiger partial charge is 0.393 e. The van der Waals surface area contributed by atoms with E-state index in [-0.39, 0.29) is 18.1 Å². The summed E-state index contributed by atoms with van der Waals surface area (Å²) in [4.78, 5) is 12.8. The highest BCUT2D eigenvalue weighted by Crippen LogP contribution is 2.32. The van der Waals surface area contributed by atoms with Gasteiger partial charge in [-0.15, -0.1) is 0 Å². The molecule has 1 heterocycles. The molecule has 1 aromatic heterocycles. The van der Waals surface area contributed by atoms with Crippen LogP contribution in [0.1, 0.15) is 40.2 Å². The lowest BCUT2D eigenvalue weighted by Gasteiger charge is -2.38. The molecule has 24 heavy (non-hydrogen) atoms. The molecule has 0 aliphatic heterocycles. The summed E-state index contributed by atoms with van der Waals surface area (Å²) >= 11 is 0. The molecule has 4 nitrogen and oxygen atoms in total. The Morgan fingerprint density at radius 1 is 1.29 bits per heavy atom. The lowest BCUT2D eigenvalue weighted by molar-refractivity contribution is 0.0239. The summed E-state index contributed by atoms with van der Waals surface area (Å²) in [6, 6.07) is 12.2. The highest BCUT2D eigenvalue weighted by atomic mass is 16.3. The van der Waals surface area contributed by atoms with Gasteiger partial charge in [0.25, 0.3) is 5.91 Å².